The first-order valence-electron chi connectivity index (χ1n) is 6.62. The zero-order chi connectivity index (χ0) is 12.6. The van der Waals surface area contributed by atoms with Gasteiger partial charge in [0.1, 0.15) is 0 Å². The highest BCUT2D eigenvalue weighted by molar-refractivity contribution is 4.95. The molecule has 2 aliphatic rings. The van der Waals surface area contributed by atoms with Crippen molar-refractivity contribution in [3.05, 3.63) is 0 Å². The van der Waals surface area contributed by atoms with E-state index in [0.717, 1.165) is 12.8 Å². The van der Waals surface area contributed by atoms with Crippen molar-refractivity contribution in [2.45, 2.75) is 76.0 Å². The molecule has 1 nitrogen and oxygen atoms in total. The number of halogens is 3. The topological polar surface area (TPSA) is 20.2 Å². The second-order valence-corrected chi connectivity index (χ2v) is 6.05. The van der Waals surface area contributed by atoms with Gasteiger partial charge in [-0.05, 0) is 50.4 Å². The molecule has 0 amide bonds. The average molecular weight is 250 g/mol. The quantitative estimate of drug-likeness (QED) is 0.779. The van der Waals surface area contributed by atoms with Crippen LogP contribution in [0.4, 0.5) is 13.2 Å². The van der Waals surface area contributed by atoms with Crippen molar-refractivity contribution in [1.82, 2.24) is 0 Å². The molecule has 0 atom stereocenters. The first kappa shape index (κ1) is 13.2. The first-order valence-corrected chi connectivity index (χ1v) is 6.62. The van der Waals surface area contributed by atoms with Crippen LogP contribution in [0, 0.1) is 5.41 Å². The average Bonchev–Trinajstić information content (AvgIpc) is 2.69. The van der Waals surface area contributed by atoms with E-state index in [0.29, 0.717) is 18.3 Å². The Bertz CT molecular complexity index is 256. The normalized spacial score (nSPS) is 27.5. The Balaban J connectivity index is 1.84. The van der Waals surface area contributed by atoms with Gasteiger partial charge >= 0.3 is 6.18 Å². The highest BCUT2D eigenvalue weighted by Gasteiger charge is 2.44. The van der Waals surface area contributed by atoms with Gasteiger partial charge in [0.2, 0.25) is 0 Å². The van der Waals surface area contributed by atoms with E-state index < -0.39 is 18.2 Å². The molecule has 17 heavy (non-hydrogen) atoms. The Kier molecular flexibility index (Phi) is 3.45. The fraction of sp³-hybridized carbons (Fsp3) is 1.00. The van der Waals surface area contributed by atoms with Crippen LogP contribution in [-0.2, 0) is 0 Å². The summed E-state index contributed by atoms with van der Waals surface area (Å²) in [5.74, 6) is 0. The first-order chi connectivity index (χ1) is 7.83. The molecule has 0 aromatic rings. The van der Waals surface area contributed by atoms with Gasteiger partial charge in [-0.25, -0.2) is 0 Å². The lowest BCUT2D eigenvalue weighted by molar-refractivity contribution is -0.151. The lowest BCUT2D eigenvalue weighted by atomic mass is 9.66. The van der Waals surface area contributed by atoms with Crippen LogP contribution in [0.2, 0.25) is 0 Å². The summed E-state index contributed by atoms with van der Waals surface area (Å²) in [6.45, 7) is 0. The van der Waals surface area contributed by atoms with Crippen LogP contribution in [0.1, 0.15) is 64.2 Å². The number of hydrogen-bond donors (Lipinski definition) is 1. The van der Waals surface area contributed by atoms with Gasteiger partial charge in [-0.2, -0.15) is 13.2 Å². The molecule has 0 saturated heterocycles. The Morgan fingerprint density at radius 2 is 1.41 bits per heavy atom. The molecule has 2 saturated carbocycles. The predicted molar refractivity (Wildman–Crippen MR) is 59.6 cm³/mol. The van der Waals surface area contributed by atoms with E-state index >= 15 is 0 Å². The van der Waals surface area contributed by atoms with Gasteiger partial charge in [-0.15, -0.1) is 0 Å². The van der Waals surface area contributed by atoms with E-state index in [1.54, 1.807) is 0 Å². The molecule has 0 unspecified atom stereocenters. The summed E-state index contributed by atoms with van der Waals surface area (Å²) >= 11 is 0. The lowest BCUT2D eigenvalue weighted by Crippen LogP contribution is -2.38. The smallest absolute Gasteiger partial charge is 0.389 e. The molecule has 0 aliphatic heterocycles. The molecular formula is C13H21F3O. The molecule has 100 valence electrons. The van der Waals surface area contributed by atoms with Crippen LogP contribution in [0.3, 0.4) is 0 Å². The highest BCUT2D eigenvalue weighted by atomic mass is 19.4. The van der Waals surface area contributed by atoms with Gasteiger partial charge in [0.15, 0.2) is 0 Å². The van der Waals surface area contributed by atoms with Crippen LogP contribution in [0.25, 0.3) is 0 Å². The molecule has 1 N–H and O–H groups in total. The Morgan fingerprint density at radius 3 is 1.88 bits per heavy atom. The molecule has 2 aliphatic carbocycles. The predicted octanol–water partition coefficient (Wildman–Crippen LogP) is 4.19. The van der Waals surface area contributed by atoms with Gasteiger partial charge in [0, 0.05) is 6.42 Å². The van der Waals surface area contributed by atoms with Gasteiger partial charge in [-0.3, -0.25) is 0 Å². The van der Waals surface area contributed by atoms with Crippen LogP contribution in [0.15, 0.2) is 0 Å². The van der Waals surface area contributed by atoms with Crippen LogP contribution < -0.4 is 0 Å². The van der Waals surface area contributed by atoms with Gasteiger partial charge in [0.25, 0.3) is 0 Å². The molecule has 4 heteroatoms. The third-order valence-corrected chi connectivity index (χ3v) is 4.78. The van der Waals surface area contributed by atoms with Gasteiger partial charge in [0.05, 0.1) is 5.60 Å². The van der Waals surface area contributed by atoms with E-state index in [-0.39, 0.29) is 6.42 Å². The molecule has 1 spiro atoms. The minimum atomic E-state index is -4.14. The van der Waals surface area contributed by atoms with E-state index in [4.69, 9.17) is 0 Å². The number of alkyl halides is 3. The van der Waals surface area contributed by atoms with Gasteiger partial charge in [-0.1, -0.05) is 12.8 Å². The largest absolute Gasteiger partial charge is 0.390 e. The Labute approximate surface area is 100 Å². The summed E-state index contributed by atoms with van der Waals surface area (Å²) in [4.78, 5) is 0. The fourth-order valence-electron chi connectivity index (χ4n) is 3.50. The van der Waals surface area contributed by atoms with Crippen molar-refractivity contribution >= 4 is 0 Å². The summed E-state index contributed by atoms with van der Waals surface area (Å²) < 4.78 is 36.5. The maximum atomic E-state index is 12.2. The van der Waals surface area contributed by atoms with Crippen molar-refractivity contribution in [3.63, 3.8) is 0 Å². The van der Waals surface area contributed by atoms with Crippen molar-refractivity contribution in [2.75, 3.05) is 0 Å². The highest BCUT2D eigenvalue weighted by Crippen LogP contribution is 2.52. The van der Waals surface area contributed by atoms with E-state index in [9.17, 15) is 18.3 Å². The van der Waals surface area contributed by atoms with Crippen LogP contribution >= 0.6 is 0 Å². The minimum absolute atomic E-state index is 0.118. The second kappa shape index (κ2) is 4.45. The summed E-state index contributed by atoms with van der Waals surface area (Å²) in [7, 11) is 0. The summed E-state index contributed by atoms with van der Waals surface area (Å²) in [6, 6.07) is 0. The minimum Gasteiger partial charge on any atom is -0.390 e. The maximum absolute atomic E-state index is 12.2. The molecule has 0 bridgehead atoms. The third kappa shape index (κ3) is 3.36. The van der Waals surface area contributed by atoms with Crippen LogP contribution in [-0.4, -0.2) is 16.9 Å². The Hall–Kier alpha value is -0.250. The fourth-order valence-corrected chi connectivity index (χ4v) is 3.50. The lowest BCUT2D eigenvalue weighted by Gasteiger charge is -2.42. The molecule has 0 radical (unpaired) electrons. The van der Waals surface area contributed by atoms with Gasteiger partial charge < -0.3 is 5.11 Å². The molecular weight excluding hydrogens is 229 g/mol. The standard InChI is InChI=1S/C13H21F3O/c14-13(15,16)10-9-12(17)7-5-11(6-8-12)3-1-2-4-11/h17H,1-10H2. The number of rotatable bonds is 2. The molecule has 2 fully saturated rings. The number of hydrogen-bond acceptors (Lipinski definition) is 1. The SMILES string of the molecule is OC1(CCC(F)(F)F)CCC2(CCCC2)CC1. The van der Waals surface area contributed by atoms with Crippen molar-refractivity contribution < 1.29 is 18.3 Å². The summed E-state index contributed by atoms with van der Waals surface area (Å²) in [5.41, 5.74) is -0.687. The molecule has 0 aromatic heterocycles. The summed E-state index contributed by atoms with van der Waals surface area (Å²) in [5, 5.41) is 10.2. The molecule has 0 heterocycles. The van der Waals surface area contributed by atoms with Crippen LogP contribution in [0.5, 0.6) is 0 Å². The molecule has 2 rings (SSSR count). The molecule has 0 aromatic carbocycles. The van der Waals surface area contributed by atoms with Crippen molar-refractivity contribution in [3.8, 4) is 0 Å². The van der Waals surface area contributed by atoms with Crippen molar-refractivity contribution in [1.29, 1.82) is 0 Å². The zero-order valence-corrected chi connectivity index (χ0v) is 10.2. The monoisotopic (exact) mass is 250 g/mol. The third-order valence-electron chi connectivity index (χ3n) is 4.78. The van der Waals surface area contributed by atoms with E-state index in [1.807, 2.05) is 0 Å². The van der Waals surface area contributed by atoms with E-state index in [1.165, 1.54) is 25.7 Å². The Morgan fingerprint density at radius 1 is 0.882 bits per heavy atom. The van der Waals surface area contributed by atoms with E-state index in [2.05, 4.69) is 0 Å². The number of aliphatic hydroxyl groups is 1. The van der Waals surface area contributed by atoms with Crippen molar-refractivity contribution in [2.24, 2.45) is 5.41 Å². The second-order valence-electron chi connectivity index (χ2n) is 6.05. The zero-order valence-electron chi connectivity index (χ0n) is 10.2. The summed E-state index contributed by atoms with van der Waals surface area (Å²) in [6.07, 6.45) is 2.77. The maximum Gasteiger partial charge on any atom is 0.389 e.